The maximum absolute atomic E-state index is 14.1. The summed E-state index contributed by atoms with van der Waals surface area (Å²) in [6, 6.07) is 19.8. The number of nitro groups is 1. The molecule has 0 unspecified atom stereocenters. The second-order valence-corrected chi connectivity index (χ2v) is 10.9. The average Bonchev–Trinajstić information content (AvgIpc) is 2.94. The van der Waals surface area contributed by atoms with Crippen LogP contribution in [-0.4, -0.2) is 53.7 Å². The summed E-state index contributed by atoms with van der Waals surface area (Å²) in [6.45, 7) is 4.52. The van der Waals surface area contributed by atoms with E-state index in [1.165, 1.54) is 30.3 Å². The number of non-ortho nitro benzene ring substituents is 1. The highest BCUT2D eigenvalue weighted by atomic mass is 32.2. The molecule has 0 aliphatic carbocycles. The fraction of sp³-hybridized carbons (Fsp3) is 0.241. The van der Waals surface area contributed by atoms with Gasteiger partial charge < -0.3 is 4.90 Å². The number of carbonyl (C=O) groups is 2. The third-order valence-electron chi connectivity index (χ3n) is 6.43. The molecule has 3 aromatic carbocycles. The monoisotopic (exact) mass is 547 g/mol. The van der Waals surface area contributed by atoms with Crippen molar-refractivity contribution in [2.45, 2.75) is 31.6 Å². The number of ketones is 2. The summed E-state index contributed by atoms with van der Waals surface area (Å²) in [7, 11) is -4.31. The van der Waals surface area contributed by atoms with Crippen molar-refractivity contribution in [3.8, 4) is 0 Å². The maximum Gasteiger partial charge on any atom is 0.269 e. The lowest BCUT2D eigenvalue weighted by atomic mass is 10.0. The number of fused-ring (bicyclic) bond motifs is 1. The topological polar surface area (TPSA) is 118 Å². The zero-order valence-electron chi connectivity index (χ0n) is 21.7. The van der Waals surface area contributed by atoms with Crippen molar-refractivity contribution >= 4 is 33.0 Å². The van der Waals surface area contributed by atoms with Crippen LogP contribution in [0.3, 0.4) is 0 Å². The molecule has 1 aliphatic rings. The van der Waals surface area contributed by atoms with Gasteiger partial charge in [0.05, 0.1) is 22.1 Å². The van der Waals surface area contributed by atoms with E-state index < -0.39 is 33.1 Å². The van der Waals surface area contributed by atoms with Gasteiger partial charge in [0.25, 0.3) is 15.7 Å². The summed E-state index contributed by atoms with van der Waals surface area (Å²) in [6.07, 6.45) is 1.51. The number of hydrogen-bond acceptors (Lipinski definition) is 7. The molecule has 0 saturated carbocycles. The van der Waals surface area contributed by atoms with Crippen molar-refractivity contribution in [2.75, 3.05) is 19.6 Å². The lowest BCUT2D eigenvalue weighted by Crippen LogP contribution is -2.44. The molecule has 0 atom stereocenters. The molecule has 0 amide bonds. The van der Waals surface area contributed by atoms with E-state index in [9.17, 15) is 28.1 Å². The van der Waals surface area contributed by atoms with Crippen molar-refractivity contribution < 1.29 is 22.9 Å². The van der Waals surface area contributed by atoms with Crippen LogP contribution in [0.4, 0.5) is 5.69 Å². The van der Waals surface area contributed by atoms with Crippen LogP contribution in [0, 0.1) is 10.1 Å². The van der Waals surface area contributed by atoms with Gasteiger partial charge in [-0.25, -0.2) is 8.42 Å². The summed E-state index contributed by atoms with van der Waals surface area (Å²) in [4.78, 5) is 40.0. The molecule has 0 fully saturated rings. The highest BCUT2D eigenvalue weighted by molar-refractivity contribution is 7.89. The molecule has 0 saturated heterocycles. The van der Waals surface area contributed by atoms with E-state index in [0.717, 1.165) is 17.1 Å². The van der Waals surface area contributed by atoms with Crippen LogP contribution >= 0.6 is 0 Å². The number of carbonyl (C=O) groups excluding carboxylic acids is 2. The van der Waals surface area contributed by atoms with Gasteiger partial charge in [0.1, 0.15) is 5.70 Å². The number of hydrogen-bond donors (Lipinski definition) is 0. The first-order valence-electron chi connectivity index (χ1n) is 12.7. The number of nitro benzene ring substituents is 1. The lowest BCUT2D eigenvalue weighted by molar-refractivity contribution is -0.384. The summed E-state index contributed by atoms with van der Waals surface area (Å²) >= 11 is 0. The fourth-order valence-corrected chi connectivity index (χ4v) is 6.30. The normalized spacial score (nSPS) is 14.1. The molecule has 39 heavy (non-hydrogen) atoms. The fourth-order valence-electron chi connectivity index (χ4n) is 4.67. The second kappa shape index (κ2) is 11.6. The predicted molar refractivity (Wildman–Crippen MR) is 148 cm³/mol. The van der Waals surface area contributed by atoms with Gasteiger partial charge in [-0.15, -0.1) is 0 Å². The minimum absolute atomic E-state index is 0.0123. The Balaban J connectivity index is 1.95. The Hall–Kier alpha value is -4.31. The minimum atomic E-state index is -4.31. The number of benzene rings is 3. The van der Waals surface area contributed by atoms with Crippen LogP contribution in [-0.2, 0) is 10.0 Å². The van der Waals surface area contributed by atoms with Gasteiger partial charge in [-0.3, -0.25) is 24.0 Å². The molecule has 0 aromatic heterocycles. The first-order valence-corrected chi connectivity index (χ1v) is 14.1. The van der Waals surface area contributed by atoms with Crippen LogP contribution in [0.1, 0.15) is 53.0 Å². The van der Waals surface area contributed by atoms with Crippen molar-refractivity contribution in [1.82, 2.24) is 9.21 Å². The van der Waals surface area contributed by atoms with Crippen molar-refractivity contribution in [3.63, 3.8) is 0 Å². The van der Waals surface area contributed by atoms with Crippen LogP contribution in [0.5, 0.6) is 0 Å². The molecule has 3 aromatic rings. The molecule has 202 valence electrons. The number of sulfonamides is 1. The van der Waals surface area contributed by atoms with Gasteiger partial charge >= 0.3 is 0 Å². The van der Waals surface area contributed by atoms with Gasteiger partial charge in [0, 0.05) is 41.9 Å². The summed E-state index contributed by atoms with van der Waals surface area (Å²) in [5.74, 6) is -1.11. The third-order valence-corrected chi connectivity index (χ3v) is 8.23. The Morgan fingerprint density at radius 2 is 1.44 bits per heavy atom. The van der Waals surface area contributed by atoms with E-state index in [1.54, 1.807) is 48.5 Å². The number of rotatable bonds is 11. The Kier molecular flexibility index (Phi) is 8.25. The van der Waals surface area contributed by atoms with E-state index in [1.807, 2.05) is 18.7 Å². The SMILES string of the molecule is CCCN(CCC)C1=C(C(=O)c2ccccc2)N(CC(=O)c2ccc([N+](=O)[O-])cc2)S(=O)(=O)c2ccccc21. The predicted octanol–water partition coefficient (Wildman–Crippen LogP) is 5.16. The van der Waals surface area contributed by atoms with Crippen LogP contribution < -0.4 is 0 Å². The van der Waals surface area contributed by atoms with Crippen LogP contribution in [0.2, 0.25) is 0 Å². The zero-order chi connectivity index (χ0) is 28.2. The molecule has 0 N–H and O–H groups in total. The molecule has 0 spiro atoms. The minimum Gasteiger partial charge on any atom is -0.369 e. The van der Waals surface area contributed by atoms with E-state index in [4.69, 9.17) is 0 Å². The standard InChI is InChI=1S/C29H29N3O6S/c1-3-18-30(19-4-2)27-24-12-8-9-13-26(24)39(37,38)31(28(27)29(34)22-10-6-5-7-11-22)20-25(33)21-14-16-23(17-15-21)32(35)36/h5-17H,3-4,18-20H2,1-2H3. The first-order chi connectivity index (χ1) is 18.7. The number of allylic oxidation sites excluding steroid dienone is 1. The van der Waals surface area contributed by atoms with E-state index in [0.29, 0.717) is 29.9 Å². The molecule has 9 nitrogen and oxygen atoms in total. The average molecular weight is 548 g/mol. The number of nitrogens with zero attached hydrogens (tertiary/aromatic N) is 3. The van der Waals surface area contributed by atoms with E-state index in [-0.39, 0.29) is 21.8 Å². The molecular weight excluding hydrogens is 518 g/mol. The Bertz CT molecular complexity index is 1530. The summed E-state index contributed by atoms with van der Waals surface area (Å²) in [5.41, 5.74) is 0.995. The molecule has 4 rings (SSSR count). The van der Waals surface area contributed by atoms with Crippen LogP contribution in [0.25, 0.3) is 5.70 Å². The molecule has 10 heteroatoms. The quantitative estimate of drug-likeness (QED) is 0.185. The van der Waals surface area contributed by atoms with E-state index in [2.05, 4.69) is 0 Å². The second-order valence-electron chi connectivity index (χ2n) is 9.11. The highest BCUT2D eigenvalue weighted by Gasteiger charge is 2.42. The summed E-state index contributed by atoms with van der Waals surface area (Å²) in [5, 5.41) is 11.0. The van der Waals surface area contributed by atoms with Gasteiger partial charge in [0.15, 0.2) is 5.78 Å². The zero-order valence-corrected chi connectivity index (χ0v) is 22.6. The van der Waals surface area contributed by atoms with Gasteiger partial charge in [-0.2, -0.15) is 0 Å². The summed E-state index contributed by atoms with van der Waals surface area (Å²) < 4.78 is 29.0. The maximum atomic E-state index is 14.1. The largest absolute Gasteiger partial charge is 0.369 e. The number of Topliss-reactive ketones (excluding diaryl/α,β-unsaturated/α-hetero) is 2. The Morgan fingerprint density at radius 3 is 2.03 bits per heavy atom. The van der Waals surface area contributed by atoms with Crippen LogP contribution in [0.15, 0.2) is 89.5 Å². The Morgan fingerprint density at radius 1 is 0.846 bits per heavy atom. The molecule has 0 radical (unpaired) electrons. The molecular formula is C29H29N3O6S. The van der Waals surface area contributed by atoms with Crippen molar-refractivity contribution in [1.29, 1.82) is 0 Å². The van der Waals surface area contributed by atoms with E-state index >= 15 is 0 Å². The first kappa shape index (κ1) is 27.7. The lowest BCUT2D eigenvalue weighted by Gasteiger charge is -2.38. The third kappa shape index (κ3) is 5.46. The smallest absolute Gasteiger partial charge is 0.269 e. The highest BCUT2D eigenvalue weighted by Crippen LogP contribution is 2.40. The molecule has 1 aliphatic heterocycles. The molecule has 1 heterocycles. The van der Waals surface area contributed by atoms with Crippen molar-refractivity contribution in [2.24, 2.45) is 0 Å². The van der Waals surface area contributed by atoms with Gasteiger partial charge in [-0.05, 0) is 31.0 Å². The Labute approximate surface area is 227 Å². The van der Waals surface area contributed by atoms with Crippen molar-refractivity contribution in [3.05, 3.63) is 111 Å². The molecule has 0 bridgehead atoms. The van der Waals surface area contributed by atoms with Gasteiger partial charge in [0.2, 0.25) is 5.78 Å². The van der Waals surface area contributed by atoms with Gasteiger partial charge in [-0.1, -0.05) is 62.4 Å².